The van der Waals surface area contributed by atoms with Crippen LogP contribution in [-0.4, -0.2) is 21.5 Å². The summed E-state index contributed by atoms with van der Waals surface area (Å²) >= 11 is 1.55. The monoisotopic (exact) mass is 220 g/mol. The molecule has 2 rings (SSSR count). The van der Waals surface area contributed by atoms with Gasteiger partial charge in [0.2, 0.25) is 0 Å². The first kappa shape index (κ1) is 10.2. The van der Waals surface area contributed by atoms with Crippen LogP contribution in [-0.2, 0) is 6.54 Å². The maximum atomic E-state index is 4.27. The van der Waals surface area contributed by atoms with Crippen LogP contribution in [0, 0.1) is 0 Å². The average molecular weight is 220 g/mol. The molecule has 4 nitrogen and oxygen atoms in total. The van der Waals surface area contributed by atoms with Gasteiger partial charge < -0.3 is 5.32 Å². The van der Waals surface area contributed by atoms with E-state index >= 15 is 0 Å². The van der Waals surface area contributed by atoms with Crippen LogP contribution < -0.4 is 5.32 Å². The molecule has 1 N–H and O–H groups in total. The van der Waals surface area contributed by atoms with Gasteiger partial charge >= 0.3 is 0 Å². The Hall–Kier alpha value is -1.33. The molecule has 2 aromatic heterocycles. The molecule has 0 amide bonds. The number of rotatable bonds is 4. The van der Waals surface area contributed by atoms with Crippen molar-refractivity contribution < 1.29 is 0 Å². The van der Waals surface area contributed by atoms with Crippen LogP contribution in [0.1, 0.15) is 12.5 Å². The molecule has 0 fully saturated rings. The zero-order valence-corrected chi connectivity index (χ0v) is 9.29. The van der Waals surface area contributed by atoms with E-state index in [9.17, 15) is 0 Å². The fourth-order valence-electron chi connectivity index (χ4n) is 1.17. The number of nitrogens with one attached hydrogen (secondary N) is 1. The predicted molar refractivity (Wildman–Crippen MR) is 60.5 cm³/mol. The zero-order chi connectivity index (χ0) is 10.5. The molecule has 0 atom stereocenters. The highest BCUT2D eigenvalue weighted by atomic mass is 32.1. The second kappa shape index (κ2) is 4.95. The quantitative estimate of drug-likeness (QED) is 0.852. The van der Waals surface area contributed by atoms with Crippen molar-refractivity contribution >= 4 is 11.3 Å². The molecule has 0 unspecified atom stereocenters. The molecule has 15 heavy (non-hydrogen) atoms. The lowest BCUT2D eigenvalue weighted by Crippen LogP contribution is -2.12. The van der Waals surface area contributed by atoms with Gasteiger partial charge in [0.25, 0.3) is 0 Å². The summed E-state index contributed by atoms with van der Waals surface area (Å²) in [4.78, 5) is 12.7. The summed E-state index contributed by atoms with van der Waals surface area (Å²) in [5.74, 6) is 0.691. The SMILES string of the molecule is CCNCc1cnc(-c2cscn2)nc1. The summed E-state index contributed by atoms with van der Waals surface area (Å²) in [6.45, 7) is 3.84. The minimum Gasteiger partial charge on any atom is -0.313 e. The summed E-state index contributed by atoms with van der Waals surface area (Å²) in [5, 5.41) is 5.17. The molecule has 2 aromatic rings. The van der Waals surface area contributed by atoms with Crippen molar-refractivity contribution in [3.8, 4) is 11.5 Å². The molecule has 78 valence electrons. The Morgan fingerprint density at radius 1 is 1.27 bits per heavy atom. The Morgan fingerprint density at radius 2 is 2.07 bits per heavy atom. The second-order valence-corrected chi connectivity index (χ2v) is 3.79. The molecule has 0 spiro atoms. The smallest absolute Gasteiger partial charge is 0.178 e. The molecule has 0 saturated carbocycles. The van der Waals surface area contributed by atoms with Gasteiger partial charge in [-0.15, -0.1) is 11.3 Å². The summed E-state index contributed by atoms with van der Waals surface area (Å²) in [7, 11) is 0. The Bertz CT molecular complexity index is 396. The van der Waals surface area contributed by atoms with Crippen LogP contribution in [0.3, 0.4) is 0 Å². The third kappa shape index (κ3) is 2.57. The van der Waals surface area contributed by atoms with Crippen molar-refractivity contribution in [2.45, 2.75) is 13.5 Å². The van der Waals surface area contributed by atoms with Gasteiger partial charge in [0, 0.05) is 29.9 Å². The first-order valence-corrected chi connectivity index (χ1v) is 5.74. The summed E-state index contributed by atoms with van der Waals surface area (Å²) in [6, 6.07) is 0. The van der Waals surface area contributed by atoms with Gasteiger partial charge in [0.05, 0.1) is 5.51 Å². The van der Waals surface area contributed by atoms with Gasteiger partial charge in [-0.3, -0.25) is 0 Å². The maximum Gasteiger partial charge on any atom is 0.178 e. The molecular formula is C10H12N4S. The second-order valence-electron chi connectivity index (χ2n) is 3.07. The van der Waals surface area contributed by atoms with Gasteiger partial charge in [-0.25, -0.2) is 15.0 Å². The van der Waals surface area contributed by atoms with Crippen LogP contribution in [0.4, 0.5) is 0 Å². The summed E-state index contributed by atoms with van der Waals surface area (Å²) in [5.41, 5.74) is 3.72. The fraction of sp³-hybridized carbons (Fsp3) is 0.300. The van der Waals surface area contributed by atoms with Crippen LogP contribution >= 0.6 is 11.3 Å². The minimum atomic E-state index is 0.691. The summed E-state index contributed by atoms with van der Waals surface area (Å²) in [6.07, 6.45) is 3.68. The number of thiazole rings is 1. The molecule has 0 aromatic carbocycles. The standard InChI is InChI=1S/C10H12N4S/c1-2-11-3-8-4-12-10(13-5-8)9-6-15-7-14-9/h4-7,11H,2-3H2,1H3. The first-order valence-electron chi connectivity index (χ1n) is 4.80. The largest absolute Gasteiger partial charge is 0.313 e. The molecule has 2 heterocycles. The Morgan fingerprint density at radius 3 is 2.67 bits per heavy atom. The fourth-order valence-corrected chi connectivity index (χ4v) is 1.70. The molecule has 0 saturated heterocycles. The van der Waals surface area contributed by atoms with Gasteiger partial charge in [-0.1, -0.05) is 6.92 Å². The number of hydrogen-bond acceptors (Lipinski definition) is 5. The average Bonchev–Trinajstić information content (AvgIpc) is 2.80. The maximum absolute atomic E-state index is 4.27. The first-order chi connectivity index (χ1) is 7.40. The van der Waals surface area contributed by atoms with Crippen molar-refractivity contribution in [1.29, 1.82) is 0 Å². The lowest BCUT2D eigenvalue weighted by atomic mass is 10.3. The van der Waals surface area contributed by atoms with Crippen LogP contribution in [0.2, 0.25) is 0 Å². The molecular weight excluding hydrogens is 208 g/mol. The van der Waals surface area contributed by atoms with Gasteiger partial charge in [-0.2, -0.15) is 0 Å². The Balaban J connectivity index is 2.11. The highest BCUT2D eigenvalue weighted by Gasteiger charge is 2.02. The molecule has 0 bridgehead atoms. The third-order valence-corrected chi connectivity index (χ3v) is 2.53. The molecule has 0 aliphatic heterocycles. The Kier molecular flexibility index (Phi) is 3.37. The number of aromatic nitrogens is 3. The van der Waals surface area contributed by atoms with E-state index < -0.39 is 0 Å². The van der Waals surface area contributed by atoms with Crippen LogP contribution in [0.25, 0.3) is 11.5 Å². The molecule has 0 radical (unpaired) electrons. The molecule has 5 heteroatoms. The van der Waals surface area contributed by atoms with E-state index in [1.54, 1.807) is 16.8 Å². The molecule has 0 aliphatic rings. The lowest BCUT2D eigenvalue weighted by molar-refractivity contribution is 0.721. The third-order valence-electron chi connectivity index (χ3n) is 1.95. The van der Waals surface area contributed by atoms with Crippen molar-refractivity contribution in [1.82, 2.24) is 20.3 Å². The van der Waals surface area contributed by atoms with Crippen LogP contribution in [0.5, 0.6) is 0 Å². The summed E-state index contributed by atoms with van der Waals surface area (Å²) < 4.78 is 0. The van der Waals surface area contributed by atoms with E-state index in [1.165, 1.54) is 0 Å². The van der Waals surface area contributed by atoms with Gasteiger partial charge in [0.15, 0.2) is 5.82 Å². The highest BCUT2D eigenvalue weighted by molar-refractivity contribution is 7.07. The van der Waals surface area contributed by atoms with Crippen molar-refractivity contribution in [2.24, 2.45) is 0 Å². The van der Waals surface area contributed by atoms with Crippen LogP contribution in [0.15, 0.2) is 23.3 Å². The van der Waals surface area contributed by atoms with E-state index in [-0.39, 0.29) is 0 Å². The van der Waals surface area contributed by atoms with Gasteiger partial charge in [0.1, 0.15) is 5.69 Å². The van der Waals surface area contributed by atoms with Gasteiger partial charge in [-0.05, 0) is 6.54 Å². The zero-order valence-electron chi connectivity index (χ0n) is 8.47. The normalized spacial score (nSPS) is 10.5. The van der Waals surface area contributed by atoms with Crippen molar-refractivity contribution in [3.05, 3.63) is 28.8 Å². The number of hydrogen-bond donors (Lipinski definition) is 1. The van der Waals surface area contributed by atoms with E-state index in [0.717, 1.165) is 24.3 Å². The van der Waals surface area contributed by atoms with Crippen molar-refractivity contribution in [3.63, 3.8) is 0 Å². The topological polar surface area (TPSA) is 50.7 Å². The van der Waals surface area contributed by atoms with E-state index in [4.69, 9.17) is 0 Å². The molecule has 0 aliphatic carbocycles. The highest BCUT2D eigenvalue weighted by Crippen LogP contribution is 2.13. The Labute approximate surface area is 92.4 Å². The van der Waals surface area contributed by atoms with E-state index in [1.807, 2.05) is 17.8 Å². The van der Waals surface area contributed by atoms with E-state index in [2.05, 4.69) is 27.2 Å². The minimum absolute atomic E-state index is 0.691. The number of nitrogens with zero attached hydrogens (tertiary/aromatic N) is 3. The lowest BCUT2D eigenvalue weighted by Gasteiger charge is -2.01. The predicted octanol–water partition coefficient (Wildman–Crippen LogP) is 1.71. The van der Waals surface area contributed by atoms with E-state index in [0.29, 0.717) is 5.82 Å². The van der Waals surface area contributed by atoms with Crippen molar-refractivity contribution in [2.75, 3.05) is 6.54 Å².